The zero-order valence-electron chi connectivity index (χ0n) is 16.6. The van der Waals surface area contributed by atoms with Gasteiger partial charge in [-0.05, 0) is 19.4 Å². The Morgan fingerprint density at radius 2 is 2.32 bits per heavy atom. The third-order valence-corrected chi connectivity index (χ3v) is 6.59. The van der Waals surface area contributed by atoms with Crippen molar-refractivity contribution >= 4 is 35.3 Å². The molecule has 8 heteroatoms. The van der Waals surface area contributed by atoms with Gasteiger partial charge in [-0.1, -0.05) is 0 Å². The first-order chi connectivity index (χ1) is 13.3. The third-order valence-electron chi connectivity index (χ3n) is 5.61. The van der Waals surface area contributed by atoms with Crippen molar-refractivity contribution in [2.45, 2.75) is 31.5 Å². The molecule has 1 unspecified atom stereocenters. The molecule has 0 aromatic carbocycles. The van der Waals surface area contributed by atoms with Gasteiger partial charge in [-0.3, -0.25) is 9.28 Å². The van der Waals surface area contributed by atoms with E-state index in [1.807, 2.05) is 25.4 Å². The van der Waals surface area contributed by atoms with E-state index in [0.717, 1.165) is 34.3 Å². The molecule has 3 atom stereocenters. The second-order valence-electron chi connectivity index (χ2n) is 8.12. The lowest BCUT2D eigenvalue weighted by molar-refractivity contribution is -0.117. The van der Waals surface area contributed by atoms with E-state index in [4.69, 9.17) is 0 Å². The molecule has 28 heavy (non-hydrogen) atoms. The van der Waals surface area contributed by atoms with Crippen molar-refractivity contribution in [2.75, 3.05) is 37.8 Å². The van der Waals surface area contributed by atoms with E-state index in [2.05, 4.69) is 46.9 Å². The van der Waals surface area contributed by atoms with Crippen LogP contribution in [0.2, 0.25) is 0 Å². The second kappa shape index (κ2) is 7.51. The average molecular weight is 403 g/mol. The Morgan fingerprint density at radius 3 is 3.07 bits per heavy atom. The van der Waals surface area contributed by atoms with E-state index < -0.39 is 0 Å². The van der Waals surface area contributed by atoms with Crippen LogP contribution in [0.5, 0.6) is 0 Å². The number of aliphatic hydroxyl groups excluding tert-OH is 1. The molecule has 1 aromatic rings. The number of amides is 1. The summed E-state index contributed by atoms with van der Waals surface area (Å²) in [5, 5.41) is 16.1. The number of pyridine rings is 1. The first-order valence-electron chi connectivity index (χ1n) is 9.71. The molecule has 0 saturated carbocycles. The summed E-state index contributed by atoms with van der Waals surface area (Å²) in [6, 6.07) is 2.09. The summed E-state index contributed by atoms with van der Waals surface area (Å²) in [4.78, 5) is 20.3. The number of anilines is 1. The van der Waals surface area contributed by atoms with E-state index in [-0.39, 0.29) is 24.1 Å². The monoisotopic (exact) mass is 402 g/mol. The predicted molar refractivity (Wildman–Crippen MR) is 115 cm³/mol. The van der Waals surface area contributed by atoms with Crippen molar-refractivity contribution in [3.8, 4) is 0 Å². The molecule has 4 rings (SSSR count). The summed E-state index contributed by atoms with van der Waals surface area (Å²) in [6.45, 7) is 3.43. The summed E-state index contributed by atoms with van der Waals surface area (Å²) in [7, 11) is 4.21. The Labute approximate surface area is 170 Å². The number of hydrogen-bond acceptors (Lipinski definition) is 6. The Balaban J connectivity index is 1.51. The van der Waals surface area contributed by atoms with Gasteiger partial charge >= 0.3 is 0 Å². The molecular formula is C20H28N5O2S+. The number of aromatic nitrogens is 1. The number of thioether (sulfide) groups is 1. The standard InChI is InChI=1S/C20H27N5O2S/c1-13(16-10-14(26)11-22-16)23-20(27)18-12-24(7-9-28-18)17-4-6-21-19-15(17)5-8-25(19,2)3/h4-6,8,12-14,16,22,26H,7,9-11H2,1-3H3/p+1/t13?,14-,16-/m1/s1. The number of carbonyl (C=O) groups excluding carboxylic acids is 1. The number of β-amino-alcohol motifs (C(OH)–C–C–N with tert-alkyl or cyclic N) is 1. The zero-order valence-corrected chi connectivity index (χ0v) is 17.4. The predicted octanol–water partition coefficient (Wildman–Crippen LogP) is 1.25. The Hall–Kier alpha value is -1.87. The van der Waals surface area contributed by atoms with Crippen LogP contribution in [0, 0.1) is 0 Å². The van der Waals surface area contributed by atoms with Crippen molar-refractivity contribution < 1.29 is 9.90 Å². The summed E-state index contributed by atoms with van der Waals surface area (Å²) in [5.41, 5.74) is 2.21. The first-order valence-corrected chi connectivity index (χ1v) is 10.7. The fraction of sp³-hybridized carbons (Fsp3) is 0.500. The van der Waals surface area contributed by atoms with Gasteiger partial charge in [-0.2, -0.15) is 0 Å². The molecule has 4 heterocycles. The highest BCUT2D eigenvalue weighted by Gasteiger charge is 2.32. The van der Waals surface area contributed by atoms with Crippen molar-refractivity contribution in [1.82, 2.24) is 20.1 Å². The Morgan fingerprint density at radius 1 is 1.50 bits per heavy atom. The molecule has 1 amide bonds. The van der Waals surface area contributed by atoms with Gasteiger partial charge in [0.1, 0.15) is 6.20 Å². The normalized spacial score (nSPS) is 26.7. The molecule has 3 N–H and O–H groups in total. The van der Waals surface area contributed by atoms with Crippen LogP contribution >= 0.6 is 11.8 Å². The molecular weight excluding hydrogens is 374 g/mol. The Bertz CT molecular complexity index is 838. The van der Waals surface area contributed by atoms with Crippen LogP contribution in [-0.4, -0.2) is 67.1 Å². The average Bonchev–Trinajstić information content (AvgIpc) is 3.25. The molecule has 0 aliphatic carbocycles. The maximum atomic E-state index is 12.8. The van der Waals surface area contributed by atoms with Crippen LogP contribution in [0.25, 0.3) is 6.08 Å². The van der Waals surface area contributed by atoms with E-state index >= 15 is 0 Å². The fourth-order valence-electron chi connectivity index (χ4n) is 3.97. The van der Waals surface area contributed by atoms with Gasteiger partial charge in [0.25, 0.3) is 5.91 Å². The van der Waals surface area contributed by atoms with E-state index in [0.29, 0.717) is 17.4 Å². The van der Waals surface area contributed by atoms with Crippen molar-refractivity contribution in [3.05, 3.63) is 35.1 Å². The number of aliphatic hydroxyl groups is 1. The number of carbonyl (C=O) groups is 1. The molecule has 3 aliphatic heterocycles. The van der Waals surface area contributed by atoms with Crippen molar-refractivity contribution in [3.63, 3.8) is 0 Å². The van der Waals surface area contributed by atoms with Gasteiger partial charge in [-0.15, -0.1) is 11.8 Å². The van der Waals surface area contributed by atoms with E-state index in [9.17, 15) is 9.90 Å². The zero-order chi connectivity index (χ0) is 19.9. The number of nitrogens with zero attached hydrogens (tertiary/aromatic N) is 3. The number of fused-ring (bicyclic) bond motifs is 1. The molecule has 0 radical (unpaired) electrons. The maximum absolute atomic E-state index is 12.8. The lowest BCUT2D eigenvalue weighted by Gasteiger charge is -2.29. The lowest BCUT2D eigenvalue weighted by Crippen LogP contribution is -2.46. The SMILES string of the molecule is CC(NC(=O)C1=CN(c2ccnc3c2C=C[N+]3(C)C)CCS1)[C@H]1C[C@@H](O)CN1. The van der Waals surface area contributed by atoms with Crippen LogP contribution in [0.15, 0.2) is 29.6 Å². The number of rotatable bonds is 4. The summed E-state index contributed by atoms with van der Waals surface area (Å²) in [6.07, 6.45) is 8.38. The maximum Gasteiger partial charge on any atom is 0.259 e. The van der Waals surface area contributed by atoms with Crippen molar-refractivity contribution in [1.29, 1.82) is 0 Å². The first kappa shape index (κ1) is 19.4. The molecule has 0 spiro atoms. The van der Waals surface area contributed by atoms with Gasteiger partial charge in [0.15, 0.2) is 0 Å². The minimum Gasteiger partial charge on any atom is -0.392 e. The van der Waals surface area contributed by atoms with Gasteiger partial charge < -0.3 is 20.6 Å². The smallest absolute Gasteiger partial charge is 0.259 e. The molecule has 3 aliphatic rings. The molecule has 7 nitrogen and oxygen atoms in total. The summed E-state index contributed by atoms with van der Waals surface area (Å²) in [5.74, 6) is 1.82. The van der Waals surface area contributed by atoms with Crippen LogP contribution in [-0.2, 0) is 4.79 Å². The molecule has 0 bridgehead atoms. The summed E-state index contributed by atoms with van der Waals surface area (Å²) < 4.78 is 0.626. The quantitative estimate of drug-likeness (QED) is 0.658. The van der Waals surface area contributed by atoms with Crippen LogP contribution in [0.4, 0.5) is 11.5 Å². The Kier molecular flexibility index (Phi) is 5.22. The second-order valence-corrected chi connectivity index (χ2v) is 9.26. The highest BCUT2D eigenvalue weighted by Crippen LogP contribution is 2.38. The molecule has 150 valence electrons. The number of quaternary nitrogens is 1. The highest BCUT2D eigenvalue weighted by atomic mass is 32.2. The minimum absolute atomic E-state index is 0.0345. The highest BCUT2D eigenvalue weighted by molar-refractivity contribution is 8.04. The minimum atomic E-state index is -0.326. The van der Waals surface area contributed by atoms with Crippen LogP contribution < -0.4 is 20.0 Å². The van der Waals surface area contributed by atoms with Gasteiger partial charge in [0.2, 0.25) is 5.82 Å². The third kappa shape index (κ3) is 3.69. The van der Waals surface area contributed by atoms with Crippen molar-refractivity contribution in [2.24, 2.45) is 0 Å². The molecule has 1 saturated heterocycles. The molecule has 1 fully saturated rings. The largest absolute Gasteiger partial charge is 0.392 e. The lowest BCUT2D eigenvalue weighted by atomic mass is 10.1. The number of hydrogen-bond donors (Lipinski definition) is 3. The summed E-state index contributed by atoms with van der Waals surface area (Å²) >= 11 is 1.59. The van der Waals surface area contributed by atoms with E-state index in [1.54, 1.807) is 11.8 Å². The van der Waals surface area contributed by atoms with Gasteiger partial charge in [-0.25, -0.2) is 4.98 Å². The fourth-order valence-corrected chi connectivity index (χ4v) is 4.87. The van der Waals surface area contributed by atoms with E-state index in [1.165, 1.54) is 0 Å². The van der Waals surface area contributed by atoms with Gasteiger partial charge in [0.05, 0.1) is 36.4 Å². The number of nitrogens with one attached hydrogen (secondary N) is 2. The van der Waals surface area contributed by atoms with Crippen LogP contribution in [0.1, 0.15) is 18.9 Å². The molecule has 1 aromatic heterocycles. The van der Waals surface area contributed by atoms with Crippen LogP contribution in [0.3, 0.4) is 0 Å². The van der Waals surface area contributed by atoms with Gasteiger partial charge in [0, 0.05) is 49.4 Å². The topological polar surface area (TPSA) is 77.5 Å².